The Morgan fingerprint density at radius 3 is 3.15 bits per heavy atom. The van der Waals surface area contributed by atoms with Gasteiger partial charge in [0, 0.05) is 24.8 Å². The van der Waals surface area contributed by atoms with Gasteiger partial charge in [-0.15, -0.1) is 0 Å². The molecule has 1 fully saturated rings. The highest BCUT2D eigenvalue weighted by molar-refractivity contribution is 7.98. The Bertz CT molecular complexity index is 158. The maximum atomic E-state index is 11.3. The molecule has 3 nitrogen and oxygen atoms in total. The van der Waals surface area contributed by atoms with Crippen LogP contribution in [-0.2, 0) is 4.79 Å². The average Bonchev–Trinajstić information content (AvgIpc) is 2.16. The summed E-state index contributed by atoms with van der Waals surface area (Å²) in [6.45, 7) is 2.03. The predicted molar refractivity (Wildman–Crippen MR) is 57.0 cm³/mol. The highest BCUT2D eigenvalue weighted by Gasteiger charge is 2.14. The minimum absolute atomic E-state index is 0.197. The van der Waals surface area contributed by atoms with E-state index >= 15 is 0 Å². The summed E-state index contributed by atoms with van der Waals surface area (Å²) in [6, 6.07) is 0.364. The number of carbonyl (C=O) groups excluding carboxylic acids is 1. The zero-order chi connectivity index (χ0) is 9.52. The highest BCUT2D eigenvalue weighted by Crippen LogP contribution is 2.02. The number of hydrogen-bond donors (Lipinski definition) is 2. The lowest BCUT2D eigenvalue weighted by Crippen LogP contribution is -2.45. The van der Waals surface area contributed by atoms with Gasteiger partial charge in [0.1, 0.15) is 0 Å². The SMILES string of the molecule is CSCCC(=O)NC1CCCNC1. The van der Waals surface area contributed by atoms with E-state index in [4.69, 9.17) is 0 Å². The zero-order valence-corrected chi connectivity index (χ0v) is 8.95. The van der Waals surface area contributed by atoms with Crippen molar-refractivity contribution in [3.63, 3.8) is 0 Å². The summed E-state index contributed by atoms with van der Waals surface area (Å²) in [6.07, 6.45) is 4.97. The molecule has 1 rings (SSSR count). The number of rotatable bonds is 4. The Morgan fingerprint density at radius 1 is 1.69 bits per heavy atom. The van der Waals surface area contributed by atoms with E-state index in [2.05, 4.69) is 10.6 Å². The molecule has 1 aliphatic rings. The molecule has 0 bridgehead atoms. The largest absolute Gasteiger partial charge is 0.352 e. The summed E-state index contributed by atoms with van der Waals surface area (Å²) in [4.78, 5) is 11.3. The van der Waals surface area contributed by atoms with Gasteiger partial charge in [-0.2, -0.15) is 11.8 Å². The molecule has 1 amide bonds. The summed E-state index contributed by atoms with van der Waals surface area (Å²) in [5, 5.41) is 6.32. The van der Waals surface area contributed by atoms with Crippen LogP contribution in [0.3, 0.4) is 0 Å². The molecule has 76 valence electrons. The summed E-state index contributed by atoms with van der Waals surface area (Å²) < 4.78 is 0. The number of amides is 1. The molecule has 1 unspecified atom stereocenters. The van der Waals surface area contributed by atoms with Crippen molar-refractivity contribution >= 4 is 17.7 Å². The van der Waals surface area contributed by atoms with Crippen molar-refractivity contribution in [3.8, 4) is 0 Å². The van der Waals surface area contributed by atoms with E-state index in [1.807, 2.05) is 6.26 Å². The summed E-state index contributed by atoms with van der Waals surface area (Å²) in [7, 11) is 0. The van der Waals surface area contributed by atoms with E-state index in [-0.39, 0.29) is 5.91 Å². The van der Waals surface area contributed by atoms with Crippen LogP contribution in [0.1, 0.15) is 19.3 Å². The third kappa shape index (κ3) is 4.52. The predicted octanol–water partition coefficient (Wildman–Crippen LogP) is 0.608. The fourth-order valence-corrected chi connectivity index (χ4v) is 1.86. The first-order chi connectivity index (χ1) is 6.33. The molecule has 1 saturated heterocycles. The summed E-state index contributed by atoms with van der Waals surface area (Å²) >= 11 is 1.72. The topological polar surface area (TPSA) is 41.1 Å². The maximum absolute atomic E-state index is 11.3. The number of hydrogen-bond acceptors (Lipinski definition) is 3. The van der Waals surface area contributed by atoms with Crippen LogP contribution in [0.5, 0.6) is 0 Å². The van der Waals surface area contributed by atoms with E-state index in [1.165, 1.54) is 6.42 Å². The number of nitrogens with one attached hydrogen (secondary N) is 2. The Labute approximate surface area is 84.0 Å². The molecule has 0 radical (unpaired) electrons. The van der Waals surface area contributed by atoms with Crippen LogP contribution in [0.4, 0.5) is 0 Å². The Morgan fingerprint density at radius 2 is 2.54 bits per heavy atom. The molecule has 1 aliphatic heterocycles. The average molecular weight is 202 g/mol. The van der Waals surface area contributed by atoms with Crippen LogP contribution in [0.25, 0.3) is 0 Å². The van der Waals surface area contributed by atoms with Gasteiger partial charge < -0.3 is 10.6 Å². The molecule has 0 aromatic carbocycles. The third-order valence-corrected chi connectivity index (χ3v) is 2.81. The minimum Gasteiger partial charge on any atom is -0.352 e. The van der Waals surface area contributed by atoms with Crippen LogP contribution >= 0.6 is 11.8 Å². The van der Waals surface area contributed by atoms with E-state index in [9.17, 15) is 4.79 Å². The summed E-state index contributed by atoms with van der Waals surface area (Å²) in [5.74, 6) is 1.12. The van der Waals surface area contributed by atoms with Gasteiger partial charge >= 0.3 is 0 Å². The first kappa shape index (κ1) is 10.9. The van der Waals surface area contributed by atoms with Gasteiger partial charge in [0.15, 0.2) is 0 Å². The number of piperidine rings is 1. The first-order valence-corrected chi connectivity index (χ1v) is 6.21. The lowest BCUT2D eigenvalue weighted by molar-refractivity contribution is -0.121. The van der Waals surface area contributed by atoms with Crippen molar-refractivity contribution in [2.24, 2.45) is 0 Å². The molecule has 0 spiro atoms. The van der Waals surface area contributed by atoms with Crippen LogP contribution in [0.15, 0.2) is 0 Å². The van der Waals surface area contributed by atoms with E-state index in [0.717, 1.165) is 25.3 Å². The van der Waals surface area contributed by atoms with Gasteiger partial charge in [-0.3, -0.25) is 4.79 Å². The monoisotopic (exact) mass is 202 g/mol. The van der Waals surface area contributed by atoms with E-state index in [1.54, 1.807) is 11.8 Å². The second kappa shape index (κ2) is 6.27. The molecular formula is C9H18N2OS. The smallest absolute Gasteiger partial charge is 0.221 e. The van der Waals surface area contributed by atoms with Crippen molar-refractivity contribution in [1.29, 1.82) is 0 Å². The molecule has 0 saturated carbocycles. The van der Waals surface area contributed by atoms with Crippen molar-refractivity contribution in [1.82, 2.24) is 10.6 Å². The van der Waals surface area contributed by atoms with E-state index < -0.39 is 0 Å². The zero-order valence-electron chi connectivity index (χ0n) is 8.14. The Kier molecular flexibility index (Phi) is 5.23. The second-order valence-corrected chi connectivity index (χ2v) is 4.34. The fourth-order valence-electron chi connectivity index (χ4n) is 1.47. The van der Waals surface area contributed by atoms with Gasteiger partial charge in [-0.05, 0) is 25.6 Å². The Hall–Kier alpha value is -0.220. The van der Waals surface area contributed by atoms with Gasteiger partial charge in [0.2, 0.25) is 5.91 Å². The van der Waals surface area contributed by atoms with Crippen molar-refractivity contribution in [2.45, 2.75) is 25.3 Å². The minimum atomic E-state index is 0.197. The molecule has 0 aromatic rings. The third-order valence-electron chi connectivity index (χ3n) is 2.20. The maximum Gasteiger partial charge on any atom is 0.221 e. The first-order valence-electron chi connectivity index (χ1n) is 4.82. The highest BCUT2D eigenvalue weighted by atomic mass is 32.2. The summed E-state index contributed by atoms with van der Waals surface area (Å²) in [5.41, 5.74) is 0. The quantitative estimate of drug-likeness (QED) is 0.702. The molecule has 2 N–H and O–H groups in total. The Balaban J connectivity index is 2.11. The van der Waals surface area contributed by atoms with Crippen LogP contribution in [-0.4, -0.2) is 37.0 Å². The number of thioether (sulfide) groups is 1. The van der Waals surface area contributed by atoms with Gasteiger partial charge in [0.25, 0.3) is 0 Å². The molecule has 13 heavy (non-hydrogen) atoms. The fraction of sp³-hybridized carbons (Fsp3) is 0.889. The lowest BCUT2D eigenvalue weighted by atomic mass is 10.1. The number of carbonyl (C=O) groups is 1. The molecule has 0 aromatic heterocycles. The van der Waals surface area contributed by atoms with Crippen molar-refractivity contribution < 1.29 is 4.79 Å². The van der Waals surface area contributed by atoms with Gasteiger partial charge in [-0.25, -0.2) is 0 Å². The van der Waals surface area contributed by atoms with Crippen LogP contribution in [0.2, 0.25) is 0 Å². The molecule has 4 heteroatoms. The van der Waals surface area contributed by atoms with Gasteiger partial charge in [-0.1, -0.05) is 0 Å². The van der Waals surface area contributed by atoms with Crippen LogP contribution < -0.4 is 10.6 Å². The normalized spacial score (nSPS) is 22.7. The molecular weight excluding hydrogens is 184 g/mol. The molecule has 0 aliphatic carbocycles. The van der Waals surface area contributed by atoms with E-state index in [0.29, 0.717) is 12.5 Å². The van der Waals surface area contributed by atoms with Gasteiger partial charge in [0.05, 0.1) is 0 Å². The lowest BCUT2D eigenvalue weighted by Gasteiger charge is -2.23. The van der Waals surface area contributed by atoms with Crippen LogP contribution in [0, 0.1) is 0 Å². The standard InChI is InChI=1S/C9H18N2OS/c1-13-6-4-9(12)11-8-3-2-5-10-7-8/h8,10H,2-7H2,1H3,(H,11,12). The van der Waals surface area contributed by atoms with Crippen molar-refractivity contribution in [2.75, 3.05) is 25.1 Å². The van der Waals surface area contributed by atoms with Crippen molar-refractivity contribution in [3.05, 3.63) is 0 Å². The second-order valence-electron chi connectivity index (χ2n) is 3.35. The molecule has 1 atom stereocenters. The molecule has 1 heterocycles.